The summed E-state index contributed by atoms with van der Waals surface area (Å²) in [6, 6.07) is 8.62. The Morgan fingerprint density at radius 1 is 1.38 bits per heavy atom. The number of rotatable bonds is 1. The zero-order valence-electron chi connectivity index (χ0n) is 9.35. The lowest BCUT2D eigenvalue weighted by molar-refractivity contribution is 0.713. The summed E-state index contributed by atoms with van der Waals surface area (Å²) < 4.78 is 1.84. The summed E-state index contributed by atoms with van der Waals surface area (Å²) >= 11 is 0. The number of aromatic nitrogens is 2. The molecule has 1 aliphatic carbocycles. The van der Waals surface area contributed by atoms with Crippen molar-refractivity contribution < 1.29 is 0 Å². The first-order valence-corrected chi connectivity index (χ1v) is 5.63. The molecule has 3 nitrogen and oxygen atoms in total. The molecular formula is C13H15N3. The van der Waals surface area contributed by atoms with Gasteiger partial charge in [-0.2, -0.15) is 5.10 Å². The topological polar surface area (TPSA) is 43.8 Å². The van der Waals surface area contributed by atoms with Gasteiger partial charge in [0.25, 0.3) is 0 Å². The van der Waals surface area contributed by atoms with Gasteiger partial charge in [-0.05, 0) is 30.0 Å². The molecule has 2 aromatic rings. The van der Waals surface area contributed by atoms with Gasteiger partial charge in [-0.1, -0.05) is 18.2 Å². The standard InChI is InChI=1S/C13H15N3/c1-16-8-7-13(15-16)11-4-2-3-10-9(11)5-6-12(10)14/h2-4,7-8,12H,5-6,14H2,1H3. The molecule has 0 spiro atoms. The van der Waals surface area contributed by atoms with Crippen molar-refractivity contribution in [2.75, 3.05) is 0 Å². The first-order chi connectivity index (χ1) is 7.75. The minimum Gasteiger partial charge on any atom is -0.324 e. The second-order valence-corrected chi connectivity index (χ2v) is 4.39. The van der Waals surface area contributed by atoms with Gasteiger partial charge in [-0.3, -0.25) is 4.68 Å². The van der Waals surface area contributed by atoms with Gasteiger partial charge >= 0.3 is 0 Å². The Morgan fingerprint density at radius 2 is 2.25 bits per heavy atom. The van der Waals surface area contributed by atoms with Crippen LogP contribution in [-0.4, -0.2) is 9.78 Å². The molecule has 0 fully saturated rings. The van der Waals surface area contributed by atoms with E-state index in [1.165, 1.54) is 16.7 Å². The molecule has 3 heteroatoms. The third kappa shape index (κ3) is 1.36. The van der Waals surface area contributed by atoms with E-state index in [0.29, 0.717) is 0 Å². The molecule has 1 unspecified atom stereocenters. The van der Waals surface area contributed by atoms with E-state index >= 15 is 0 Å². The summed E-state index contributed by atoms with van der Waals surface area (Å²) in [7, 11) is 1.94. The van der Waals surface area contributed by atoms with Crippen LogP contribution in [0.3, 0.4) is 0 Å². The highest BCUT2D eigenvalue weighted by Gasteiger charge is 2.22. The second kappa shape index (κ2) is 3.46. The summed E-state index contributed by atoms with van der Waals surface area (Å²) in [6.45, 7) is 0. The van der Waals surface area contributed by atoms with Crippen LogP contribution in [0.1, 0.15) is 23.6 Å². The van der Waals surface area contributed by atoms with E-state index in [1.807, 2.05) is 17.9 Å². The molecule has 1 heterocycles. The fraction of sp³-hybridized carbons (Fsp3) is 0.308. The van der Waals surface area contributed by atoms with Crippen LogP contribution in [0.15, 0.2) is 30.5 Å². The highest BCUT2D eigenvalue weighted by Crippen LogP contribution is 2.35. The van der Waals surface area contributed by atoms with E-state index in [-0.39, 0.29) is 6.04 Å². The van der Waals surface area contributed by atoms with E-state index < -0.39 is 0 Å². The van der Waals surface area contributed by atoms with E-state index in [2.05, 4.69) is 29.4 Å². The van der Waals surface area contributed by atoms with Crippen molar-refractivity contribution in [3.63, 3.8) is 0 Å². The molecule has 1 aliphatic rings. The highest BCUT2D eigenvalue weighted by molar-refractivity contribution is 5.66. The summed E-state index contributed by atoms with van der Waals surface area (Å²) in [5.41, 5.74) is 11.0. The van der Waals surface area contributed by atoms with Crippen LogP contribution in [0, 0.1) is 0 Å². The molecule has 0 amide bonds. The zero-order chi connectivity index (χ0) is 11.1. The van der Waals surface area contributed by atoms with Crippen LogP contribution >= 0.6 is 0 Å². The van der Waals surface area contributed by atoms with Crippen molar-refractivity contribution >= 4 is 0 Å². The number of benzene rings is 1. The first-order valence-electron chi connectivity index (χ1n) is 5.63. The van der Waals surface area contributed by atoms with Crippen molar-refractivity contribution in [1.29, 1.82) is 0 Å². The lowest BCUT2D eigenvalue weighted by Gasteiger charge is -2.07. The fourth-order valence-electron chi connectivity index (χ4n) is 2.49. The van der Waals surface area contributed by atoms with Crippen LogP contribution in [-0.2, 0) is 13.5 Å². The number of nitrogens with two attached hydrogens (primary N) is 1. The van der Waals surface area contributed by atoms with Crippen molar-refractivity contribution in [2.24, 2.45) is 12.8 Å². The Morgan fingerprint density at radius 3 is 3.00 bits per heavy atom. The maximum absolute atomic E-state index is 6.07. The minimum absolute atomic E-state index is 0.207. The van der Waals surface area contributed by atoms with Crippen LogP contribution < -0.4 is 5.73 Å². The van der Waals surface area contributed by atoms with Crippen LogP contribution in [0.25, 0.3) is 11.3 Å². The van der Waals surface area contributed by atoms with Crippen molar-refractivity contribution in [2.45, 2.75) is 18.9 Å². The van der Waals surface area contributed by atoms with Gasteiger partial charge in [0.1, 0.15) is 0 Å². The Kier molecular flexibility index (Phi) is 2.07. The smallest absolute Gasteiger partial charge is 0.0925 e. The Hall–Kier alpha value is -1.61. The largest absolute Gasteiger partial charge is 0.324 e. The molecule has 3 rings (SSSR count). The van der Waals surface area contributed by atoms with Crippen molar-refractivity contribution in [1.82, 2.24) is 9.78 Å². The second-order valence-electron chi connectivity index (χ2n) is 4.39. The lowest BCUT2D eigenvalue weighted by atomic mass is 10.0. The highest BCUT2D eigenvalue weighted by atomic mass is 15.2. The minimum atomic E-state index is 0.207. The molecule has 0 saturated heterocycles. The number of aryl methyl sites for hydroxylation is 1. The van der Waals surface area contributed by atoms with Crippen molar-refractivity contribution in [3.8, 4) is 11.3 Å². The number of hydrogen-bond donors (Lipinski definition) is 1. The lowest BCUT2D eigenvalue weighted by Crippen LogP contribution is -2.04. The average molecular weight is 213 g/mol. The normalized spacial score (nSPS) is 18.8. The zero-order valence-corrected chi connectivity index (χ0v) is 9.35. The van der Waals surface area contributed by atoms with Gasteiger partial charge in [-0.15, -0.1) is 0 Å². The van der Waals surface area contributed by atoms with E-state index in [0.717, 1.165) is 18.5 Å². The summed E-state index contributed by atoms with van der Waals surface area (Å²) in [4.78, 5) is 0. The number of fused-ring (bicyclic) bond motifs is 1. The first kappa shape index (κ1) is 9.60. The fourth-order valence-corrected chi connectivity index (χ4v) is 2.49. The predicted molar refractivity (Wildman–Crippen MR) is 63.9 cm³/mol. The number of hydrogen-bond acceptors (Lipinski definition) is 2. The van der Waals surface area contributed by atoms with Gasteiger partial charge in [0.15, 0.2) is 0 Å². The molecule has 0 saturated carbocycles. The van der Waals surface area contributed by atoms with Gasteiger partial charge in [0.05, 0.1) is 5.69 Å². The van der Waals surface area contributed by atoms with Gasteiger partial charge in [-0.25, -0.2) is 0 Å². The van der Waals surface area contributed by atoms with Crippen LogP contribution in [0.4, 0.5) is 0 Å². The molecule has 1 aromatic heterocycles. The molecule has 1 atom stereocenters. The molecule has 0 bridgehead atoms. The quantitative estimate of drug-likeness (QED) is 0.787. The molecule has 16 heavy (non-hydrogen) atoms. The van der Waals surface area contributed by atoms with Crippen LogP contribution in [0.2, 0.25) is 0 Å². The van der Waals surface area contributed by atoms with Crippen LogP contribution in [0.5, 0.6) is 0 Å². The van der Waals surface area contributed by atoms with E-state index in [4.69, 9.17) is 5.73 Å². The molecular weight excluding hydrogens is 198 g/mol. The molecule has 1 aromatic carbocycles. The monoisotopic (exact) mass is 213 g/mol. The third-order valence-electron chi connectivity index (χ3n) is 3.31. The Bertz CT molecular complexity index is 528. The van der Waals surface area contributed by atoms with Gasteiger partial charge in [0, 0.05) is 24.8 Å². The summed E-state index contributed by atoms with van der Waals surface area (Å²) in [5.74, 6) is 0. The van der Waals surface area contributed by atoms with Gasteiger partial charge in [0.2, 0.25) is 0 Å². The number of nitrogens with zero attached hydrogens (tertiary/aromatic N) is 2. The maximum atomic E-state index is 6.07. The summed E-state index contributed by atoms with van der Waals surface area (Å²) in [6.07, 6.45) is 4.10. The Labute approximate surface area is 94.9 Å². The van der Waals surface area contributed by atoms with Crippen molar-refractivity contribution in [3.05, 3.63) is 41.6 Å². The maximum Gasteiger partial charge on any atom is 0.0925 e. The summed E-state index contributed by atoms with van der Waals surface area (Å²) in [5, 5.41) is 4.46. The average Bonchev–Trinajstić information content (AvgIpc) is 2.86. The van der Waals surface area contributed by atoms with E-state index in [9.17, 15) is 0 Å². The molecule has 82 valence electrons. The molecule has 0 radical (unpaired) electrons. The predicted octanol–water partition coefficient (Wildman–Crippen LogP) is 2.03. The molecule has 0 aliphatic heterocycles. The third-order valence-corrected chi connectivity index (χ3v) is 3.31. The SMILES string of the molecule is Cn1ccc(-c2cccc3c2CCC3N)n1. The van der Waals surface area contributed by atoms with E-state index in [1.54, 1.807) is 0 Å². The Balaban J connectivity index is 2.16. The van der Waals surface area contributed by atoms with Gasteiger partial charge < -0.3 is 5.73 Å². The molecule has 2 N–H and O–H groups in total.